The van der Waals surface area contributed by atoms with Gasteiger partial charge in [0.15, 0.2) is 12.1 Å². The summed E-state index contributed by atoms with van der Waals surface area (Å²) < 4.78 is 49.6. The number of nitrogens with two attached hydrogens (primary N) is 1. The van der Waals surface area contributed by atoms with E-state index in [1.165, 1.54) is 0 Å². The summed E-state index contributed by atoms with van der Waals surface area (Å²) in [6, 6.07) is 1.74. The number of alkyl halides is 3. The number of carbonyl (C=O) groups is 1. The Labute approximate surface area is 76.3 Å². The van der Waals surface area contributed by atoms with E-state index in [-0.39, 0.29) is 6.29 Å². The van der Waals surface area contributed by atoms with Crippen molar-refractivity contribution in [1.29, 1.82) is 0 Å². The monoisotopic (exact) mass is 207 g/mol. The van der Waals surface area contributed by atoms with Crippen molar-refractivity contribution in [3.63, 3.8) is 0 Å². The minimum absolute atomic E-state index is 0.0641. The second kappa shape index (κ2) is 3.28. The number of hydrogen-bond donors (Lipinski definition) is 1. The van der Waals surface area contributed by atoms with Gasteiger partial charge in [0.25, 0.3) is 0 Å². The van der Waals surface area contributed by atoms with E-state index in [0.29, 0.717) is 0 Å². The molecule has 0 heterocycles. The lowest BCUT2D eigenvalue weighted by atomic mass is 10.1. The number of anilines is 1. The van der Waals surface area contributed by atoms with E-state index in [9.17, 15) is 22.4 Å². The third-order valence-corrected chi connectivity index (χ3v) is 1.61. The van der Waals surface area contributed by atoms with Crippen molar-refractivity contribution in [3.8, 4) is 0 Å². The summed E-state index contributed by atoms with van der Waals surface area (Å²) in [5, 5.41) is 0. The van der Waals surface area contributed by atoms with Gasteiger partial charge in [-0.2, -0.15) is 13.2 Å². The first-order valence-electron chi connectivity index (χ1n) is 3.48. The summed E-state index contributed by atoms with van der Waals surface area (Å²) >= 11 is 0. The van der Waals surface area contributed by atoms with E-state index in [1.807, 2.05) is 0 Å². The van der Waals surface area contributed by atoms with E-state index < -0.39 is 28.8 Å². The van der Waals surface area contributed by atoms with Gasteiger partial charge in [0.1, 0.15) is 5.56 Å². The first kappa shape index (κ1) is 10.5. The Morgan fingerprint density at radius 1 is 1.29 bits per heavy atom. The van der Waals surface area contributed by atoms with Crippen molar-refractivity contribution in [2.75, 3.05) is 5.73 Å². The SMILES string of the molecule is Nc1ccc(C=O)c(C(F)(F)F)c1F. The zero-order chi connectivity index (χ0) is 10.9. The molecule has 76 valence electrons. The number of carbonyl (C=O) groups excluding carboxylic acids is 1. The summed E-state index contributed by atoms with van der Waals surface area (Å²) in [4.78, 5) is 10.2. The third-order valence-electron chi connectivity index (χ3n) is 1.61. The zero-order valence-corrected chi connectivity index (χ0v) is 6.73. The maximum atomic E-state index is 12.9. The number of benzene rings is 1. The Morgan fingerprint density at radius 2 is 1.86 bits per heavy atom. The Bertz CT molecular complexity index is 372. The van der Waals surface area contributed by atoms with Crippen LogP contribution in [0.1, 0.15) is 15.9 Å². The highest BCUT2D eigenvalue weighted by atomic mass is 19.4. The maximum Gasteiger partial charge on any atom is 0.420 e. The second-order valence-corrected chi connectivity index (χ2v) is 2.55. The molecule has 14 heavy (non-hydrogen) atoms. The molecule has 0 bridgehead atoms. The predicted molar refractivity (Wildman–Crippen MR) is 41.2 cm³/mol. The van der Waals surface area contributed by atoms with Gasteiger partial charge in [-0.15, -0.1) is 0 Å². The molecule has 0 atom stereocenters. The van der Waals surface area contributed by atoms with Crippen LogP contribution in [0.3, 0.4) is 0 Å². The Balaban J connectivity index is 3.51. The van der Waals surface area contributed by atoms with Crippen LogP contribution in [0.4, 0.5) is 23.2 Å². The topological polar surface area (TPSA) is 43.1 Å². The number of rotatable bonds is 1. The van der Waals surface area contributed by atoms with Gasteiger partial charge >= 0.3 is 6.18 Å². The van der Waals surface area contributed by atoms with Crippen molar-refractivity contribution < 1.29 is 22.4 Å². The molecule has 0 radical (unpaired) electrons. The van der Waals surface area contributed by atoms with E-state index in [0.717, 1.165) is 12.1 Å². The highest BCUT2D eigenvalue weighted by Gasteiger charge is 2.37. The van der Waals surface area contributed by atoms with Crippen molar-refractivity contribution in [2.24, 2.45) is 0 Å². The fraction of sp³-hybridized carbons (Fsp3) is 0.125. The van der Waals surface area contributed by atoms with Crippen molar-refractivity contribution >= 4 is 12.0 Å². The Morgan fingerprint density at radius 3 is 2.29 bits per heavy atom. The molecule has 1 rings (SSSR count). The fourth-order valence-corrected chi connectivity index (χ4v) is 0.993. The van der Waals surface area contributed by atoms with Crippen molar-refractivity contribution in [1.82, 2.24) is 0 Å². The van der Waals surface area contributed by atoms with Gasteiger partial charge in [-0.25, -0.2) is 4.39 Å². The van der Waals surface area contributed by atoms with E-state index in [4.69, 9.17) is 5.73 Å². The predicted octanol–water partition coefficient (Wildman–Crippen LogP) is 2.24. The second-order valence-electron chi connectivity index (χ2n) is 2.55. The Hall–Kier alpha value is -1.59. The molecule has 1 aromatic rings. The molecule has 0 saturated carbocycles. The van der Waals surface area contributed by atoms with Crippen LogP contribution >= 0.6 is 0 Å². The lowest BCUT2D eigenvalue weighted by Gasteiger charge is -2.11. The van der Waals surface area contributed by atoms with Crippen LogP contribution in [-0.2, 0) is 6.18 Å². The molecule has 0 aliphatic rings. The average Bonchev–Trinajstić information content (AvgIpc) is 2.07. The van der Waals surface area contributed by atoms with Crippen LogP contribution in [0, 0.1) is 5.82 Å². The summed E-state index contributed by atoms with van der Waals surface area (Å²) in [6.45, 7) is 0. The van der Waals surface area contributed by atoms with E-state index in [1.54, 1.807) is 0 Å². The fourth-order valence-electron chi connectivity index (χ4n) is 0.993. The number of aldehydes is 1. The van der Waals surface area contributed by atoms with Gasteiger partial charge in [0, 0.05) is 5.56 Å². The molecule has 0 aliphatic carbocycles. The highest BCUT2D eigenvalue weighted by Crippen LogP contribution is 2.35. The van der Waals surface area contributed by atoms with Crippen LogP contribution in [-0.4, -0.2) is 6.29 Å². The van der Waals surface area contributed by atoms with Gasteiger partial charge in [0.05, 0.1) is 5.69 Å². The van der Waals surface area contributed by atoms with Crippen LogP contribution < -0.4 is 5.73 Å². The van der Waals surface area contributed by atoms with E-state index in [2.05, 4.69) is 0 Å². The number of halogens is 4. The van der Waals surface area contributed by atoms with Gasteiger partial charge in [-0.05, 0) is 12.1 Å². The van der Waals surface area contributed by atoms with Crippen LogP contribution in [0.15, 0.2) is 12.1 Å². The minimum Gasteiger partial charge on any atom is -0.396 e. The molecule has 2 nitrogen and oxygen atoms in total. The summed E-state index contributed by atoms with van der Waals surface area (Å²) in [5.41, 5.74) is 1.94. The van der Waals surface area contributed by atoms with E-state index >= 15 is 0 Å². The molecule has 1 aromatic carbocycles. The largest absolute Gasteiger partial charge is 0.420 e. The van der Waals surface area contributed by atoms with Gasteiger partial charge in [-0.3, -0.25) is 4.79 Å². The number of hydrogen-bond acceptors (Lipinski definition) is 2. The molecule has 0 aromatic heterocycles. The van der Waals surface area contributed by atoms with Crippen LogP contribution in [0.25, 0.3) is 0 Å². The Kier molecular flexibility index (Phi) is 2.46. The molecular weight excluding hydrogens is 202 g/mol. The van der Waals surface area contributed by atoms with Gasteiger partial charge < -0.3 is 5.73 Å². The summed E-state index contributed by atoms with van der Waals surface area (Å²) in [5.74, 6) is -1.61. The quantitative estimate of drug-likeness (QED) is 0.436. The molecule has 0 fully saturated rings. The summed E-state index contributed by atoms with van der Waals surface area (Å²) in [7, 11) is 0. The molecule has 0 aliphatic heterocycles. The molecule has 0 spiro atoms. The van der Waals surface area contributed by atoms with Gasteiger partial charge in [0.2, 0.25) is 0 Å². The smallest absolute Gasteiger partial charge is 0.396 e. The molecule has 0 saturated heterocycles. The lowest BCUT2D eigenvalue weighted by Crippen LogP contribution is -2.13. The lowest BCUT2D eigenvalue weighted by molar-refractivity contribution is -0.140. The van der Waals surface area contributed by atoms with Crippen LogP contribution in [0.2, 0.25) is 0 Å². The minimum atomic E-state index is -4.92. The van der Waals surface area contributed by atoms with Crippen molar-refractivity contribution in [3.05, 3.63) is 29.1 Å². The molecule has 0 unspecified atom stereocenters. The highest BCUT2D eigenvalue weighted by molar-refractivity contribution is 5.79. The van der Waals surface area contributed by atoms with Gasteiger partial charge in [-0.1, -0.05) is 0 Å². The first-order valence-corrected chi connectivity index (χ1v) is 3.48. The summed E-state index contributed by atoms with van der Waals surface area (Å²) in [6.07, 6.45) is -4.99. The van der Waals surface area contributed by atoms with Crippen molar-refractivity contribution in [2.45, 2.75) is 6.18 Å². The molecule has 0 amide bonds. The zero-order valence-electron chi connectivity index (χ0n) is 6.73. The standard InChI is InChI=1S/C8H5F4NO/c9-7-5(13)2-1-4(3-14)6(7)8(10,11)12/h1-3H,13H2. The third kappa shape index (κ3) is 1.68. The first-order chi connectivity index (χ1) is 6.38. The number of nitrogen functional groups attached to an aromatic ring is 1. The molecule has 6 heteroatoms. The van der Waals surface area contributed by atoms with Crippen LogP contribution in [0.5, 0.6) is 0 Å². The normalized spacial score (nSPS) is 11.4. The maximum absolute atomic E-state index is 12.9. The molecular formula is C8H5F4NO. The molecule has 2 N–H and O–H groups in total. The average molecular weight is 207 g/mol.